The van der Waals surface area contributed by atoms with E-state index in [1.807, 2.05) is 56.3 Å². The van der Waals surface area contributed by atoms with Crippen molar-refractivity contribution in [2.45, 2.75) is 57.5 Å². The van der Waals surface area contributed by atoms with E-state index in [0.29, 0.717) is 31.0 Å². The molecule has 206 valence electrons. The van der Waals surface area contributed by atoms with E-state index in [1.165, 1.54) is 0 Å². The van der Waals surface area contributed by atoms with Crippen molar-refractivity contribution in [3.05, 3.63) is 84.1 Å². The first-order valence-corrected chi connectivity index (χ1v) is 14.7. The zero-order valence-electron chi connectivity index (χ0n) is 23.2. The summed E-state index contributed by atoms with van der Waals surface area (Å²) < 4.78 is 34.6. The number of nitrogens with one attached hydrogen (secondary N) is 3. The second kappa shape index (κ2) is 11.6. The van der Waals surface area contributed by atoms with Gasteiger partial charge in [0.2, 0.25) is 0 Å². The second-order valence-electron chi connectivity index (χ2n) is 10.9. The number of aromatic amines is 1. The Hall–Kier alpha value is -3.62. The number of aromatic nitrogens is 1. The largest absolute Gasteiger partial charge is 0.379 e. The van der Waals surface area contributed by atoms with Crippen LogP contribution in [0.2, 0.25) is 0 Å². The third-order valence-electron chi connectivity index (χ3n) is 6.43. The van der Waals surface area contributed by atoms with Crippen molar-refractivity contribution in [1.82, 2.24) is 10.3 Å². The Morgan fingerprint density at radius 1 is 0.974 bits per heavy atom. The standard InChI is InChI=1S/C31H37N3O4S/c1-21(2)38-19-9-18-32-30(35)29-28(22-10-7-6-8-11-22)26-20-24(14-17-27(26)33-29)34-39(36,37)25-15-12-23(13-16-25)31(3,4)5/h6-8,10-17,20-21,33-34H,9,18-19H2,1-5H3,(H,32,35). The third kappa shape index (κ3) is 6.88. The van der Waals surface area contributed by atoms with Crippen LogP contribution in [0.25, 0.3) is 22.0 Å². The fraction of sp³-hybridized carbons (Fsp3) is 0.323. The highest BCUT2D eigenvalue weighted by atomic mass is 32.2. The smallest absolute Gasteiger partial charge is 0.268 e. The lowest BCUT2D eigenvalue weighted by Gasteiger charge is -2.19. The van der Waals surface area contributed by atoms with E-state index in [2.05, 4.69) is 35.8 Å². The van der Waals surface area contributed by atoms with Crippen LogP contribution in [0.1, 0.15) is 57.1 Å². The first kappa shape index (κ1) is 28.4. The van der Waals surface area contributed by atoms with Gasteiger partial charge < -0.3 is 15.0 Å². The SMILES string of the molecule is CC(C)OCCCNC(=O)c1[nH]c2ccc(NS(=O)(=O)c3ccc(C(C)(C)C)cc3)cc2c1-c1ccccc1. The van der Waals surface area contributed by atoms with Crippen LogP contribution in [0.3, 0.4) is 0 Å². The highest BCUT2D eigenvalue weighted by Gasteiger charge is 2.21. The zero-order valence-corrected chi connectivity index (χ0v) is 24.0. The average Bonchev–Trinajstić information content (AvgIpc) is 3.27. The van der Waals surface area contributed by atoms with Gasteiger partial charge in [-0.15, -0.1) is 0 Å². The number of anilines is 1. The van der Waals surface area contributed by atoms with Crippen molar-refractivity contribution in [2.75, 3.05) is 17.9 Å². The molecule has 3 N–H and O–H groups in total. The quantitative estimate of drug-likeness (QED) is 0.198. The van der Waals surface area contributed by atoms with Gasteiger partial charge in [0.05, 0.1) is 11.0 Å². The fourth-order valence-corrected chi connectivity index (χ4v) is 5.41. The number of fused-ring (bicyclic) bond motifs is 1. The molecule has 4 aromatic rings. The molecule has 0 aliphatic carbocycles. The van der Waals surface area contributed by atoms with Crippen molar-refractivity contribution in [1.29, 1.82) is 0 Å². The summed E-state index contributed by atoms with van der Waals surface area (Å²) in [6.07, 6.45) is 0.849. The molecule has 0 fully saturated rings. The van der Waals surface area contributed by atoms with Gasteiger partial charge in [-0.1, -0.05) is 63.2 Å². The molecule has 0 saturated heterocycles. The number of hydrogen-bond donors (Lipinski definition) is 3. The van der Waals surface area contributed by atoms with Crippen LogP contribution < -0.4 is 10.0 Å². The van der Waals surface area contributed by atoms with Crippen molar-refractivity contribution in [2.24, 2.45) is 0 Å². The highest BCUT2D eigenvalue weighted by molar-refractivity contribution is 7.92. The molecule has 0 bridgehead atoms. The van der Waals surface area contributed by atoms with Crippen LogP contribution in [0.15, 0.2) is 77.7 Å². The van der Waals surface area contributed by atoms with E-state index in [4.69, 9.17) is 4.74 Å². The average molecular weight is 548 g/mol. The normalized spacial score (nSPS) is 12.2. The maximum atomic E-state index is 13.2. The number of amides is 1. The number of sulfonamides is 1. The van der Waals surface area contributed by atoms with E-state index < -0.39 is 10.0 Å². The van der Waals surface area contributed by atoms with Gasteiger partial charge in [0.1, 0.15) is 5.69 Å². The summed E-state index contributed by atoms with van der Waals surface area (Å²) in [5.74, 6) is -0.226. The first-order valence-electron chi connectivity index (χ1n) is 13.2. The van der Waals surface area contributed by atoms with Crippen LogP contribution in [0, 0.1) is 0 Å². The van der Waals surface area contributed by atoms with E-state index in [1.54, 1.807) is 30.3 Å². The van der Waals surface area contributed by atoms with Gasteiger partial charge in [-0.05, 0) is 67.1 Å². The monoisotopic (exact) mass is 547 g/mol. The molecule has 0 spiro atoms. The Balaban J connectivity index is 1.64. The predicted octanol–water partition coefficient (Wildman–Crippen LogP) is 6.48. The van der Waals surface area contributed by atoms with Crippen LogP contribution in [0.5, 0.6) is 0 Å². The van der Waals surface area contributed by atoms with E-state index in [9.17, 15) is 13.2 Å². The van der Waals surface area contributed by atoms with Gasteiger partial charge in [-0.3, -0.25) is 9.52 Å². The van der Waals surface area contributed by atoms with Gasteiger partial charge in [0.15, 0.2) is 0 Å². The van der Waals surface area contributed by atoms with Gasteiger partial charge >= 0.3 is 0 Å². The number of hydrogen-bond acceptors (Lipinski definition) is 4. The summed E-state index contributed by atoms with van der Waals surface area (Å²) in [5, 5.41) is 3.72. The van der Waals surface area contributed by atoms with Gasteiger partial charge in [0, 0.05) is 35.3 Å². The van der Waals surface area contributed by atoms with Crippen molar-refractivity contribution in [3.8, 4) is 11.1 Å². The summed E-state index contributed by atoms with van der Waals surface area (Å²) in [6, 6.07) is 21.8. The summed E-state index contributed by atoms with van der Waals surface area (Å²) >= 11 is 0. The number of ether oxygens (including phenoxy) is 1. The van der Waals surface area contributed by atoms with Gasteiger partial charge in [-0.25, -0.2) is 8.42 Å². The summed E-state index contributed by atoms with van der Waals surface area (Å²) in [5.41, 5.74) is 4.14. The Bertz CT molecular complexity index is 1530. The molecule has 0 aliphatic rings. The maximum Gasteiger partial charge on any atom is 0.268 e. The number of carbonyl (C=O) groups is 1. The van der Waals surface area contributed by atoms with Crippen LogP contribution in [-0.4, -0.2) is 38.6 Å². The molecule has 0 unspecified atom stereocenters. The van der Waals surface area contributed by atoms with E-state index >= 15 is 0 Å². The summed E-state index contributed by atoms with van der Waals surface area (Å²) in [6.45, 7) is 11.3. The van der Waals surface area contributed by atoms with Crippen molar-refractivity contribution < 1.29 is 17.9 Å². The van der Waals surface area contributed by atoms with Crippen LogP contribution in [0.4, 0.5) is 5.69 Å². The summed E-state index contributed by atoms with van der Waals surface area (Å²) in [4.78, 5) is 16.6. The van der Waals surface area contributed by atoms with Gasteiger partial charge in [-0.2, -0.15) is 0 Å². The minimum Gasteiger partial charge on any atom is -0.379 e. The topological polar surface area (TPSA) is 100 Å². The molecule has 3 aromatic carbocycles. The maximum absolute atomic E-state index is 13.2. The van der Waals surface area contributed by atoms with Gasteiger partial charge in [0.25, 0.3) is 15.9 Å². The van der Waals surface area contributed by atoms with Crippen LogP contribution in [-0.2, 0) is 20.2 Å². The Labute approximate surface area is 231 Å². The Kier molecular flexibility index (Phi) is 8.47. The zero-order chi connectivity index (χ0) is 28.2. The molecule has 8 heteroatoms. The highest BCUT2D eigenvalue weighted by Crippen LogP contribution is 2.35. The molecular formula is C31H37N3O4S. The minimum atomic E-state index is -3.81. The molecule has 0 atom stereocenters. The number of benzene rings is 3. The molecule has 4 rings (SSSR count). The molecule has 1 aromatic heterocycles. The molecule has 39 heavy (non-hydrogen) atoms. The van der Waals surface area contributed by atoms with Crippen LogP contribution >= 0.6 is 0 Å². The minimum absolute atomic E-state index is 0.0747. The Morgan fingerprint density at radius 3 is 2.31 bits per heavy atom. The van der Waals surface area contributed by atoms with E-state index in [-0.39, 0.29) is 22.3 Å². The number of H-pyrrole nitrogens is 1. The second-order valence-corrected chi connectivity index (χ2v) is 12.6. The lowest BCUT2D eigenvalue weighted by molar-refractivity contribution is 0.0756. The molecule has 0 radical (unpaired) electrons. The lowest BCUT2D eigenvalue weighted by Crippen LogP contribution is -2.26. The first-order chi connectivity index (χ1) is 18.5. The predicted molar refractivity (Wildman–Crippen MR) is 158 cm³/mol. The molecule has 7 nitrogen and oxygen atoms in total. The molecular weight excluding hydrogens is 510 g/mol. The number of carbonyl (C=O) groups excluding carboxylic acids is 1. The molecule has 1 amide bonds. The molecule has 0 aliphatic heterocycles. The number of rotatable bonds is 10. The molecule has 1 heterocycles. The lowest BCUT2D eigenvalue weighted by atomic mass is 9.87. The van der Waals surface area contributed by atoms with Crippen molar-refractivity contribution >= 4 is 32.5 Å². The summed E-state index contributed by atoms with van der Waals surface area (Å²) in [7, 11) is -3.81. The fourth-order valence-electron chi connectivity index (χ4n) is 4.36. The van der Waals surface area contributed by atoms with Crippen molar-refractivity contribution in [3.63, 3.8) is 0 Å². The Morgan fingerprint density at radius 2 is 1.67 bits per heavy atom. The third-order valence-corrected chi connectivity index (χ3v) is 7.83. The molecule has 0 saturated carbocycles. The van der Waals surface area contributed by atoms with E-state index in [0.717, 1.165) is 27.6 Å².